The van der Waals surface area contributed by atoms with Crippen LogP contribution in [0, 0.1) is 30.9 Å². The van der Waals surface area contributed by atoms with Gasteiger partial charge in [-0.2, -0.15) is 0 Å². The second-order valence-corrected chi connectivity index (χ2v) is 5.23. The molecule has 1 heterocycles. The van der Waals surface area contributed by atoms with Gasteiger partial charge in [0.15, 0.2) is 6.61 Å². The highest BCUT2D eigenvalue weighted by atomic mass is 16.6. The number of anilines is 1. The standard InChI is InChI=1S/C16H16N2O6/c1-9-6-13(14(18(21)22)7-10(9)2)17-15(19)8-24-16(20)12-4-5-23-11(12)3/h4-7H,8H2,1-3H3,(H,17,19). The largest absolute Gasteiger partial charge is 0.469 e. The molecule has 0 aliphatic rings. The molecule has 0 fully saturated rings. The van der Waals surface area contributed by atoms with Gasteiger partial charge in [0.2, 0.25) is 0 Å². The third-order valence-electron chi connectivity index (χ3n) is 3.50. The number of nitro benzene ring substituents is 1. The molecule has 0 radical (unpaired) electrons. The molecule has 0 atom stereocenters. The number of furan rings is 1. The quantitative estimate of drug-likeness (QED) is 0.512. The van der Waals surface area contributed by atoms with E-state index in [9.17, 15) is 19.7 Å². The Morgan fingerprint density at radius 3 is 2.50 bits per heavy atom. The molecular weight excluding hydrogens is 316 g/mol. The fourth-order valence-corrected chi connectivity index (χ4v) is 2.04. The Morgan fingerprint density at radius 2 is 1.92 bits per heavy atom. The van der Waals surface area contributed by atoms with Crippen LogP contribution < -0.4 is 5.32 Å². The minimum Gasteiger partial charge on any atom is -0.469 e. The number of amides is 1. The van der Waals surface area contributed by atoms with E-state index in [0.717, 1.165) is 11.1 Å². The summed E-state index contributed by atoms with van der Waals surface area (Å²) in [4.78, 5) is 34.2. The number of hydrogen-bond donors (Lipinski definition) is 1. The van der Waals surface area contributed by atoms with E-state index in [1.807, 2.05) is 0 Å². The summed E-state index contributed by atoms with van der Waals surface area (Å²) in [5.74, 6) is -0.993. The zero-order valence-corrected chi connectivity index (χ0v) is 13.4. The van der Waals surface area contributed by atoms with Crippen LogP contribution in [0.25, 0.3) is 0 Å². The summed E-state index contributed by atoms with van der Waals surface area (Å²) in [5, 5.41) is 13.5. The summed E-state index contributed by atoms with van der Waals surface area (Å²) in [6, 6.07) is 4.32. The number of nitrogens with one attached hydrogen (secondary N) is 1. The van der Waals surface area contributed by atoms with Crippen molar-refractivity contribution in [2.24, 2.45) is 0 Å². The number of hydrogen-bond acceptors (Lipinski definition) is 6. The zero-order valence-electron chi connectivity index (χ0n) is 13.4. The molecule has 24 heavy (non-hydrogen) atoms. The van der Waals surface area contributed by atoms with Gasteiger partial charge in [0.05, 0.1) is 11.2 Å². The van der Waals surface area contributed by atoms with Crippen LogP contribution in [0.3, 0.4) is 0 Å². The molecule has 126 valence electrons. The van der Waals surface area contributed by atoms with E-state index in [-0.39, 0.29) is 16.9 Å². The van der Waals surface area contributed by atoms with Crippen LogP contribution >= 0.6 is 0 Å². The molecule has 2 rings (SSSR count). The van der Waals surface area contributed by atoms with Crippen LogP contribution in [0.1, 0.15) is 27.2 Å². The Hall–Kier alpha value is -3.16. The Labute approximate surface area is 137 Å². The molecule has 0 unspecified atom stereocenters. The van der Waals surface area contributed by atoms with E-state index in [1.54, 1.807) is 20.8 Å². The fourth-order valence-electron chi connectivity index (χ4n) is 2.04. The lowest BCUT2D eigenvalue weighted by Gasteiger charge is -2.09. The molecule has 0 bridgehead atoms. The maximum atomic E-state index is 11.9. The van der Waals surface area contributed by atoms with Gasteiger partial charge in [0, 0.05) is 6.07 Å². The normalized spacial score (nSPS) is 10.3. The third-order valence-corrected chi connectivity index (χ3v) is 3.50. The topological polar surface area (TPSA) is 112 Å². The van der Waals surface area contributed by atoms with Crippen LogP contribution in [0.5, 0.6) is 0 Å². The number of aryl methyl sites for hydroxylation is 3. The molecule has 8 heteroatoms. The number of nitro groups is 1. The zero-order chi connectivity index (χ0) is 17.9. The molecule has 1 aromatic carbocycles. The highest BCUT2D eigenvalue weighted by molar-refractivity contribution is 5.97. The molecule has 2 aromatic rings. The molecule has 1 aromatic heterocycles. The molecule has 0 spiro atoms. The molecule has 1 amide bonds. The molecule has 0 saturated carbocycles. The Kier molecular flexibility index (Phi) is 4.98. The lowest BCUT2D eigenvalue weighted by atomic mass is 10.1. The maximum absolute atomic E-state index is 11.9. The molecule has 8 nitrogen and oxygen atoms in total. The Bertz CT molecular complexity index is 809. The van der Waals surface area contributed by atoms with Gasteiger partial charge in [0.1, 0.15) is 17.0 Å². The summed E-state index contributed by atoms with van der Waals surface area (Å²) in [5.41, 5.74) is 1.59. The monoisotopic (exact) mass is 332 g/mol. The first-order valence-corrected chi connectivity index (χ1v) is 7.06. The number of carbonyl (C=O) groups is 2. The number of nitrogens with zero attached hydrogens (tertiary/aromatic N) is 1. The van der Waals surface area contributed by atoms with Crippen molar-refractivity contribution >= 4 is 23.3 Å². The van der Waals surface area contributed by atoms with Gasteiger partial charge in [-0.25, -0.2) is 4.79 Å². The second-order valence-electron chi connectivity index (χ2n) is 5.23. The van der Waals surface area contributed by atoms with Crippen LogP contribution in [-0.4, -0.2) is 23.4 Å². The average molecular weight is 332 g/mol. The van der Waals surface area contributed by atoms with Gasteiger partial charge in [-0.05, 0) is 44.0 Å². The number of ether oxygens (including phenoxy) is 1. The van der Waals surface area contributed by atoms with E-state index < -0.39 is 23.4 Å². The number of benzene rings is 1. The Morgan fingerprint density at radius 1 is 1.25 bits per heavy atom. The number of carbonyl (C=O) groups excluding carboxylic acids is 2. The van der Waals surface area contributed by atoms with Crippen molar-refractivity contribution in [2.45, 2.75) is 20.8 Å². The van der Waals surface area contributed by atoms with Gasteiger partial charge >= 0.3 is 5.97 Å². The van der Waals surface area contributed by atoms with Gasteiger partial charge in [0.25, 0.3) is 11.6 Å². The summed E-state index contributed by atoms with van der Waals surface area (Å²) < 4.78 is 9.85. The minimum absolute atomic E-state index is 0.0589. The highest BCUT2D eigenvalue weighted by Gasteiger charge is 2.19. The molecular formula is C16H16N2O6. The third kappa shape index (κ3) is 3.78. The number of esters is 1. The van der Waals surface area contributed by atoms with Crippen molar-refractivity contribution in [1.29, 1.82) is 0 Å². The molecule has 0 saturated heterocycles. The van der Waals surface area contributed by atoms with E-state index >= 15 is 0 Å². The lowest BCUT2D eigenvalue weighted by Crippen LogP contribution is -2.21. The molecule has 0 aliphatic heterocycles. The van der Waals surface area contributed by atoms with E-state index in [4.69, 9.17) is 9.15 Å². The molecule has 0 aliphatic carbocycles. The number of rotatable bonds is 5. The minimum atomic E-state index is -0.703. The van der Waals surface area contributed by atoms with E-state index in [0.29, 0.717) is 5.76 Å². The summed E-state index contributed by atoms with van der Waals surface area (Å²) in [6.45, 7) is 4.54. The molecule has 1 N–H and O–H groups in total. The van der Waals surface area contributed by atoms with Crippen molar-refractivity contribution in [2.75, 3.05) is 11.9 Å². The van der Waals surface area contributed by atoms with E-state index in [1.165, 1.54) is 24.5 Å². The average Bonchev–Trinajstić information content (AvgIpc) is 2.94. The predicted octanol–water partition coefficient (Wildman–Crippen LogP) is 2.91. The summed E-state index contributed by atoms with van der Waals surface area (Å²) in [6.07, 6.45) is 1.34. The first kappa shape index (κ1) is 17.2. The SMILES string of the molecule is Cc1cc(NC(=O)COC(=O)c2ccoc2C)c([N+](=O)[O-])cc1C. The second kappa shape index (κ2) is 6.95. The van der Waals surface area contributed by atoms with Gasteiger partial charge in [-0.15, -0.1) is 0 Å². The van der Waals surface area contributed by atoms with Gasteiger partial charge < -0.3 is 14.5 Å². The highest BCUT2D eigenvalue weighted by Crippen LogP contribution is 2.27. The summed E-state index contributed by atoms with van der Waals surface area (Å²) >= 11 is 0. The van der Waals surface area contributed by atoms with Crippen molar-refractivity contribution in [3.8, 4) is 0 Å². The van der Waals surface area contributed by atoms with Crippen LogP contribution in [0.15, 0.2) is 28.9 Å². The van der Waals surface area contributed by atoms with Crippen LogP contribution in [-0.2, 0) is 9.53 Å². The first-order chi connectivity index (χ1) is 11.3. The Balaban J connectivity index is 2.05. The lowest BCUT2D eigenvalue weighted by molar-refractivity contribution is -0.384. The van der Waals surface area contributed by atoms with E-state index in [2.05, 4.69) is 5.32 Å². The predicted molar refractivity (Wildman–Crippen MR) is 84.9 cm³/mol. The van der Waals surface area contributed by atoms with Crippen molar-refractivity contribution in [3.63, 3.8) is 0 Å². The fraction of sp³-hybridized carbons (Fsp3) is 0.250. The van der Waals surface area contributed by atoms with Crippen molar-refractivity contribution < 1.29 is 23.7 Å². The smallest absolute Gasteiger partial charge is 0.342 e. The van der Waals surface area contributed by atoms with Crippen molar-refractivity contribution in [3.05, 3.63) is 57.0 Å². The van der Waals surface area contributed by atoms with Gasteiger partial charge in [-0.1, -0.05) is 0 Å². The van der Waals surface area contributed by atoms with Gasteiger partial charge in [-0.3, -0.25) is 14.9 Å². The van der Waals surface area contributed by atoms with Crippen molar-refractivity contribution in [1.82, 2.24) is 0 Å². The summed E-state index contributed by atoms with van der Waals surface area (Å²) in [7, 11) is 0. The van der Waals surface area contributed by atoms with Crippen LogP contribution in [0.4, 0.5) is 11.4 Å². The van der Waals surface area contributed by atoms with Crippen LogP contribution in [0.2, 0.25) is 0 Å². The maximum Gasteiger partial charge on any atom is 0.342 e. The first-order valence-electron chi connectivity index (χ1n) is 7.06.